The highest BCUT2D eigenvalue weighted by molar-refractivity contribution is 7.89. The molecule has 0 unspecified atom stereocenters. The van der Waals surface area contributed by atoms with E-state index in [-0.39, 0.29) is 17.1 Å². The Balaban J connectivity index is 1.60. The summed E-state index contributed by atoms with van der Waals surface area (Å²) in [7, 11) is -3.68. The monoisotopic (exact) mass is 351 g/mol. The molecule has 1 saturated carbocycles. The number of sulfonamides is 1. The third-order valence-corrected chi connectivity index (χ3v) is 6.87. The maximum atomic E-state index is 12.8. The summed E-state index contributed by atoms with van der Waals surface area (Å²) in [5, 5.41) is 3.80. The van der Waals surface area contributed by atoms with Crippen LogP contribution in [-0.4, -0.2) is 37.0 Å². The standard InChI is InChI=1S/C16H21N3O4S/c1-9-10(2)18-23-16(9)14-5-6-15(22-14)24(20,21)19-7-12(11-3-4-11)13(17)8-19/h5-6,11-13H,3-4,7-8,17H2,1-2H3/t12-,13+/m1/s1. The van der Waals surface area contributed by atoms with Crippen molar-refractivity contribution >= 4 is 10.0 Å². The van der Waals surface area contributed by atoms with Crippen molar-refractivity contribution in [1.82, 2.24) is 9.46 Å². The summed E-state index contributed by atoms with van der Waals surface area (Å²) in [6.07, 6.45) is 2.31. The molecule has 1 saturated heterocycles. The Kier molecular flexibility index (Phi) is 3.59. The number of hydrogen-bond donors (Lipinski definition) is 1. The van der Waals surface area contributed by atoms with Crippen molar-refractivity contribution in [1.29, 1.82) is 0 Å². The summed E-state index contributed by atoms with van der Waals surface area (Å²) >= 11 is 0. The second-order valence-corrected chi connectivity index (χ2v) is 8.70. The molecule has 2 fully saturated rings. The molecule has 1 aliphatic heterocycles. The van der Waals surface area contributed by atoms with E-state index in [9.17, 15) is 8.42 Å². The van der Waals surface area contributed by atoms with Crippen LogP contribution in [0, 0.1) is 25.7 Å². The number of hydrogen-bond acceptors (Lipinski definition) is 6. The number of aryl methyl sites for hydroxylation is 1. The first kappa shape index (κ1) is 15.9. The maximum Gasteiger partial charge on any atom is 0.276 e. The van der Waals surface area contributed by atoms with Crippen molar-refractivity contribution in [2.24, 2.45) is 17.6 Å². The molecule has 2 atom stereocenters. The highest BCUT2D eigenvalue weighted by atomic mass is 32.2. The Labute approximate surface area is 140 Å². The zero-order valence-electron chi connectivity index (χ0n) is 13.7. The molecule has 3 heterocycles. The molecular formula is C16H21N3O4S. The summed E-state index contributed by atoms with van der Waals surface area (Å²) < 4.78 is 37.9. The lowest BCUT2D eigenvalue weighted by atomic mass is 9.99. The number of nitrogens with zero attached hydrogens (tertiary/aromatic N) is 2. The minimum absolute atomic E-state index is 0.0744. The summed E-state index contributed by atoms with van der Waals surface area (Å²) in [5.74, 6) is 1.66. The average Bonchev–Trinajstić information content (AvgIpc) is 2.96. The van der Waals surface area contributed by atoms with E-state index in [0.29, 0.717) is 30.5 Å². The fraction of sp³-hybridized carbons (Fsp3) is 0.562. The van der Waals surface area contributed by atoms with Crippen molar-refractivity contribution in [3.63, 3.8) is 0 Å². The molecular weight excluding hydrogens is 330 g/mol. The topological polar surface area (TPSA) is 103 Å². The van der Waals surface area contributed by atoms with Crippen molar-refractivity contribution in [3.05, 3.63) is 23.4 Å². The van der Waals surface area contributed by atoms with Crippen LogP contribution in [0.2, 0.25) is 0 Å². The average molecular weight is 351 g/mol. The minimum Gasteiger partial charge on any atom is -0.440 e. The van der Waals surface area contributed by atoms with Gasteiger partial charge in [0.05, 0.1) is 5.69 Å². The molecule has 0 bridgehead atoms. The van der Waals surface area contributed by atoms with Gasteiger partial charge in [-0.15, -0.1) is 0 Å². The van der Waals surface area contributed by atoms with E-state index in [1.54, 1.807) is 6.07 Å². The Morgan fingerprint density at radius 3 is 2.62 bits per heavy atom. The molecule has 2 aromatic heterocycles. The summed E-state index contributed by atoms with van der Waals surface area (Å²) in [6.45, 7) is 4.51. The van der Waals surface area contributed by atoms with Crippen molar-refractivity contribution in [2.75, 3.05) is 13.1 Å². The fourth-order valence-corrected chi connectivity index (χ4v) is 4.81. The van der Waals surface area contributed by atoms with Crippen LogP contribution in [-0.2, 0) is 10.0 Å². The van der Waals surface area contributed by atoms with Gasteiger partial charge in [-0.25, -0.2) is 8.42 Å². The lowest BCUT2D eigenvalue weighted by molar-refractivity contribution is 0.383. The summed E-state index contributed by atoms with van der Waals surface area (Å²) in [4.78, 5) is 0. The van der Waals surface area contributed by atoms with Gasteiger partial charge in [-0.1, -0.05) is 5.16 Å². The molecule has 0 amide bonds. The Morgan fingerprint density at radius 2 is 2.00 bits per heavy atom. The van der Waals surface area contributed by atoms with Crippen LogP contribution in [0.1, 0.15) is 24.1 Å². The van der Waals surface area contributed by atoms with Gasteiger partial charge in [-0.2, -0.15) is 4.31 Å². The summed E-state index contributed by atoms with van der Waals surface area (Å²) in [6, 6.07) is 2.98. The first-order chi connectivity index (χ1) is 11.4. The van der Waals surface area contributed by atoms with E-state index < -0.39 is 10.0 Å². The molecule has 0 spiro atoms. The molecule has 8 heteroatoms. The van der Waals surface area contributed by atoms with Crippen molar-refractivity contribution in [3.8, 4) is 11.5 Å². The van der Waals surface area contributed by atoms with E-state index in [4.69, 9.17) is 14.7 Å². The van der Waals surface area contributed by atoms with Crippen LogP contribution in [0.5, 0.6) is 0 Å². The largest absolute Gasteiger partial charge is 0.440 e. The number of nitrogens with two attached hydrogens (primary N) is 1. The molecule has 0 aromatic carbocycles. The maximum absolute atomic E-state index is 12.8. The molecule has 7 nitrogen and oxygen atoms in total. The number of furan rings is 1. The Bertz CT molecular complexity index is 866. The van der Waals surface area contributed by atoms with E-state index in [1.165, 1.54) is 10.4 Å². The smallest absolute Gasteiger partial charge is 0.276 e. The summed E-state index contributed by atoms with van der Waals surface area (Å²) in [5.41, 5.74) is 7.74. The number of rotatable bonds is 4. The quantitative estimate of drug-likeness (QED) is 0.902. The highest BCUT2D eigenvalue weighted by Gasteiger charge is 2.45. The fourth-order valence-electron chi connectivity index (χ4n) is 3.39. The first-order valence-electron chi connectivity index (χ1n) is 8.16. The zero-order valence-corrected chi connectivity index (χ0v) is 14.5. The van der Waals surface area contributed by atoms with Gasteiger partial charge in [0, 0.05) is 24.7 Å². The molecule has 1 aliphatic carbocycles. The van der Waals surface area contributed by atoms with Gasteiger partial charge in [-0.05, 0) is 50.7 Å². The molecule has 2 N–H and O–H groups in total. The second kappa shape index (κ2) is 5.44. The van der Waals surface area contributed by atoms with Crippen LogP contribution in [0.25, 0.3) is 11.5 Å². The predicted molar refractivity (Wildman–Crippen MR) is 86.6 cm³/mol. The van der Waals surface area contributed by atoms with E-state index >= 15 is 0 Å². The van der Waals surface area contributed by atoms with Crippen LogP contribution in [0.4, 0.5) is 0 Å². The van der Waals surface area contributed by atoms with Gasteiger partial charge >= 0.3 is 0 Å². The first-order valence-corrected chi connectivity index (χ1v) is 9.60. The molecule has 4 rings (SSSR count). The SMILES string of the molecule is Cc1noc(-c2ccc(S(=O)(=O)N3C[C@H](C4CC4)[C@@H](N)C3)o2)c1C. The van der Waals surface area contributed by atoms with Crippen LogP contribution in [0.15, 0.2) is 26.2 Å². The molecule has 24 heavy (non-hydrogen) atoms. The number of aromatic nitrogens is 1. The predicted octanol–water partition coefficient (Wildman–Crippen LogP) is 1.91. The van der Waals surface area contributed by atoms with Gasteiger partial charge in [-0.3, -0.25) is 0 Å². The van der Waals surface area contributed by atoms with Gasteiger partial charge in [0.15, 0.2) is 5.76 Å². The molecule has 130 valence electrons. The molecule has 2 aromatic rings. The third kappa shape index (κ3) is 2.49. The van der Waals surface area contributed by atoms with Crippen LogP contribution < -0.4 is 5.73 Å². The lowest BCUT2D eigenvalue weighted by Gasteiger charge is -2.14. The van der Waals surface area contributed by atoms with Gasteiger partial charge < -0.3 is 14.7 Å². The van der Waals surface area contributed by atoms with Gasteiger partial charge in [0.25, 0.3) is 10.0 Å². The Hall–Kier alpha value is -1.64. The molecule has 0 radical (unpaired) electrons. The highest BCUT2D eigenvalue weighted by Crippen LogP contribution is 2.42. The zero-order chi connectivity index (χ0) is 17.1. The third-order valence-electron chi connectivity index (χ3n) is 5.16. The van der Waals surface area contributed by atoms with Crippen LogP contribution in [0.3, 0.4) is 0 Å². The van der Waals surface area contributed by atoms with Gasteiger partial charge in [0.1, 0.15) is 0 Å². The van der Waals surface area contributed by atoms with Gasteiger partial charge in [0.2, 0.25) is 10.9 Å². The van der Waals surface area contributed by atoms with E-state index in [2.05, 4.69) is 5.16 Å². The van der Waals surface area contributed by atoms with E-state index in [1.807, 2.05) is 13.8 Å². The molecule has 2 aliphatic rings. The van der Waals surface area contributed by atoms with Crippen LogP contribution >= 0.6 is 0 Å². The van der Waals surface area contributed by atoms with Crippen molar-refractivity contribution < 1.29 is 17.4 Å². The van der Waals surface area contributed by atoms with Crippen molar-refractivity contribution in [2.45, 2.75) is 37.8 Å². The second-order valence-electron chi connectivity index (χ2n) is 6.83. The Morgan fingerprint density at radius 1 is 1.25 bits per heavy atom. The normalized spacial score (nSPS) is 25.5. The lowest BCUT2D eigenvalue weighted by Crippen LogP contribution is -2.32. The van der Waals surface area contributed by atoms with E-state index in [0.717, 1.165) is 24.1 Å². The minimum atomic E-state index is -3.68.